The molecule has 1 aliphatic carbocycles. The fourth-order valence-corrected chi connectivity index (χ4v) is 1.18. The van der Waals surface area contributed by atoms with Crippen molar-refractivity contribution in [3.05, 3.63) is 17.5 Å². The molecule has 0 aromatic carbocycles. The van der Waals surface area contributed by atoms with E-state index in [1.807, 2.05) is 6.07 Å². The van der Waals surface area contributed by atoms with E-state index in [1.165, 1.54) is 0 Å². The van der Waals surface area contributed by atoms with Gasteiger partial charge in [-0.1, -0.05) is 19.0 Å². The van der Waals surface area contributed by atoms with Gasteiger partial charge < -0.3 is 10.3 Å². The van der Waals surface area contributed by atoms with E-state index in [0.717, 1.165) is 24.3 Å². The van der Waals surface area contributed by atoms with Crippen molar-refractivity contribution in [3.8, 4) is 0 Å². The van der Waals surface area contributed by atoms with Crippen LogP contribution in [0.2, 0.25) is 0 Å². The number of nitrogens with two attached hydrogens (primary N) is 1. The molecule has 3 nitrogen and oxygen atoms in total. The first-order chi connectivity index (χ1) is 5.62. The van der Waals surface area contributed by atoms with Crippen LogP contribution < -0.4 is 5.73 Å². The molecule has 3 heteroatoms. The highest BCUT2D eigenvalue weighted by Gasteiger charge is 2.43. The predicted molar refractivity (Wildman–Crippen MR) is 45.7 cm³/mol. The second kappa shape index (κ2) is 2.33. The Balaban J connectivity index is 2.25. The van der Waals surface area contributed by atoms with Gasteiger partial charge in [-0.15, -0.1) is 0 Å². The molecular formula is C9H14N2O. The Bertz CT molecular complexity index is 286. The molecule has 1 aliphatic rings. The monoisotopic (exact) mass is 166 g/mol. The van der Waals surface area contributed by atoms with Crippen LogP contribution >= 0.6 is 0 Å². The SMILES string of the molecule is CC(C)c1cc(C2(N)CC2)on1. The Morgan fingerprint density at radius 1 is 1.58 bits per heavy atom. The lowest BCUT2D eigenvalue weighted by Crippen LogP contribution is -2.17. The zero-order valence-corrected chi connectivity index (χ0v) is 7.50. The van der Waals surface area contributed by atoms with Gasteiger partial charge in [0.2, 0.25) is 0 Å². The number of nitrogens with zero attached hydrogens (tertiary/aromatic N) is 1. The van der Waals surface area contributed by atoms with Crippen LogP contribution in [0.15, 0.2) is 10.6 Å². The molecule has 0 radical (unpaired) electrons. The summed E-state index contributed by atoms with van der Waals surface area (Å²) in [5, 5.41) is 3.97. The number of hydrogen-bond acceptors (Lipinski definition) is 3. The van der Waals surface area contributed by atoms with Crippen LogP contribution in [0.25, 0.3) is 0 Å². The van der Waals surface area contributed by atoms with E-state index in [1.54, 1.807) is 0 Å². The number of hydrogen-bond donors (Lipinski definition) is 1. The predicted octanol–water partition coefficient (Wildman–Crippen LogP) is 1.75. The van der Waals surface area contributed by atoms with Crippen molar-refractivity contribution in [1.29, 1.82) is 0 Å². The molecule has 0 atom stereocenters. The highest BCUT2D eigenvalue weighted by atomic mass is 16.5. The van der Waals surface area contributed by atoms with E-state index >= 15 is 0 Å². The van der Waals surface area contributed by atoms with Gasteiger partial charge in [0.25, 0.3) is 0 Å². The van der Waals surface area contributed by atoms with Crippen molar-refractivity contribution in [2.24, 2.45) is 5.73 Å². The normalized spacial score (nSPS) is 20.0. The molecule has 2 rings (SSSR count). The first-order valence-electron chi connectivity index (χ1n) is 4.38. The maximum atomic E-state index is 5.95. The molecule has 0 unspecified atom stereocenters. The van der Waals surface area contributed by atoms with Crippen molar-refractivity contribution < 1.29 is 4.52 Å². The molecule has 1 heterocycles. The summed E-state index contributed by atoms with van der Waals surface area (Å²) in [5.74, 6) is 1.27. The van der Waals surface area contributed by atoms with Gasteiger partial charge in [0.15, 0.2) is 5.76 Å². The van der Waals surface area contributed by atoms with Crippen LogP contribution in [0.3, 0.4) is 0 Å². The molecule has 0 spiro atoms. The summed E-state index contributed by atoms with van der Waals surface area (Å²) in [6.45, 7) is 4.19. The van der Waals surface area contributed by atoms with Crippen molar-refractivity contribution in [3.63, 3.8) is 0 Å². The minimum atomic E-state index is -0.180. The molecule has 1 saturated carbocycles. The fraction of sp³-hybridized carbons (Fsp3) is 0.667. The lowest BCUT2D eigenvalue weighted by atomic mass is 10.1. The van der Waals surface area contributed by atoms with E-state index in [9.17, 15) is 0 Å². The van der Waals surface area contributed by atoms with Gasteiger partial charge in [0, 0.05) is 6.07 Å². The van der Waals surface area contributed by atoms with Crippen molar-refractivity contribution >= 4 is 0 Å². The number of rotatable bonds is 2. The molecule has 0 amide bonds. The Labute approximate surface area is 71.9 Å². The molecule has 1 aromatic rings. The van der Waals surface area contributed by atoms with E-state index in [-0.39, 0.29) is 5.54 Å². The van der Waals surface area contributed by atoms with Crippen molar-refractivity contribution in [2.45, 2.75) is 38.1 Å². The molecule has 0 bridgehead atoms. The van der Waals surface area contributed by atoms with Gasteiger partial charge in [0.1, 0.15) is 0 Å². The summed E-state index contributed by atoms with van der Waals surface area (Å²) in [6, 6.07) is 1.98. The van der Waals surface area contributed by atoms with E-state index < -0.39 is 0 Å². The van der Waals surface area contributed by atoms with Gasteiger partial charge >= 0.3 is 0 Å². The van der Waals surface area contributed by atoms with Gasteiger partial charge in [-0.3, -0.25) is 0 Å². The molecule has 1 aromatic heterocycles. The van der Waals surface area contributed by atoms with Crippen LogP contribution in [-0.2, 0) is 5.54 Å². The van der Waals surface area contributed by atoms with Gasteiger partial charge in [0.05, 0.1) is 11.2 Å². The molecule has 0 aliphatic heterocycles. The minimum absolute atomic E-state index is 0.180. The quantitative estimate of drug-likeness (QED) is 0.728. The Morgan fingerprint density at radius 2 is 2.25 bits per heavy atom. The second-order valence-corrected chi connectivity index (χ2v) is 3.93. The zero-order valence-electron chi connectivity index (χ0n) is 7.50. The maximum Gasteiger partial charge on any atom is 0.156 e. The maximum absolute atomic E-state index is 5.95. The Hall–Kier alpha value is -0.830. The van der Waals surface area contributed by atoms with Gasteiger partial charge in [-0.05, 0) is 18.8 Å². The molecular weight excluding hydrogens is 152 g/mol. The first kappa shape index (κ1) is 7.80. The van der Waals surface area contributed by atoms with E-state index in [2.05, 4.69) is 19.0 Å². The van der Waals surface area contributed by atoms with Crippen LogP contribution in [0.4, 0.5) is 0 Å². The third-order valence-electron chi connectivity index (χ3n) is 2.40. The largest absolute Gasteiger partial charge is 0.359 e. The van der Waals surface area contributed by atoms with Gasteiger partial charge in [-0.2, -0.15) is 0 Å². The third kappa shape index (κ3) is 1.14. The zero-order chi connectivity index (χ0) is 8.77. The first-order valence-corrected chi connectivity index (χ1v) is 4.38. The molecule has 0 saturated heterocycles. The minimum Gasteiger partial charge on any atom is -0.359 e. The van der Waals surface area contributed by atoms with Crippen molar-refractivity contribution in [1.82, 2.24) is 5.16 Å². The fourth-order valence-electron chi connectivity index (χ4n) is 1.18. The van der Waals surface area contributed by atoms with Crippen molar-refractivity contribution in [2.75, 3.05) is 0 Å². The second-order valence-electron chi connectivity index (χ2n) is 3.93. The van der Waals surface area contributed by atoms with Crippen LogP contribution in [0.1, 0.15) is 44.1 Å². The lowest BCUT2D eigenvalue weighted by molar-refractivity contribution is 0.348. The van der Waals surface area contributed by atoms with Crippen LogP contribution in [0.5, 0.6) is 0 Å². The topological polar surface area (TPSA) is 52.0 Å². The highest BCUT2D eigenvalue weighted by molar-refractivity contribution is 5.22. The van der Waals surface area contributed by atoms with Gasteiger partial charge in [-0.25, -0.2) is 0 Å². The molecule has 12 heavy (non-hydrogen) atoms. The average Bonchev–Trinajstić information content (AvgIpc) is 2.61. The summed E-state index contributed by atoms with van der Waals surface area (Å²) in [6.07, 6.45) is 2.06. The standard InChI is InChI=1S/C9H14N2O/c1-6(2)7-5-8(12-11-7)9(10)3-4-9/h5-6H,3-4,10H2,1-2H3. The average molecular weight is 166 g/mol. The Morgan fingerprint density at radius 3 is 2.67 bits per heavy atom. The molecule has 66 valence electrons. The summed E-state index contributed by atoms with van der Waals surface area (Å²) >= 11 is 0. The van der Waals surface area contributed by atoms with E-state index in [4.69, 9.17) is 10.3 Å². The third-order valence-corrected chi connectivity index (χ3v) is 2.40. The summed E-state index contributed by atoms with van der Waals surface area (Å²) < 4.78 is 5.18. The molecule has 1 fully saturated rings. The summed E-state index contributed by atoms with van der Waals surface area (Å²) in [5.41, 5.74) is 6.77. The van der Waals surface area contributed by atoms with Crippen LogP contribution in [0, 0.1) is 0 Å². The summed E-state index contributed by atoms with van der Waals surface area (Å²) in [4.78, 5) is 0. The Kier molecular flexibility index (Phi) is 1.51. The smallest absolute Gasteiger partial charge is 0.156 e. The van der Waals surface area contributed by atoms with E-state index in [0.29, 0.717) is 5.92 Å². The lowest BCUT2D eigenvalue weighted by Gasteiger charge is -1.99. The molecule has 2 N–H and O–H groups in total. The summed E-state index contributed by atoms with van der Waals surface area (Å²) in [7, 11) is 0. The highest BCUT2D eigenvalue weighted by Crippen LogP contribution is 2.43. The van der Waals surface area contributed by atoms with Crippen LogP contribution in [-0.4, -0.2) is 5.16 Å². The number of aromatic nitrogens is 1.